The number of aryl methyl sites for hydroxylation is 1. The van der Waals surface area contributed by atoms with Crippen LogP contribution in [-0.4, -0.2) is 12.1 Å². The Hall–Kier alpha value is -1.55. The summed E-state index contributed by atoms with van der Waals surface area (Å²) in [5.41, 5.74) is 3.50. The highest BCUT2D eigenvalue weighted by molar-refractivity contribution is 7.09. The van der Waals surface area contributed by atoms with Crippen molar-refractivity contribution in [1.29, 1.82) is 0 Å². The van der Waals surface area contributed by atoms with Crippen molar-refractivity contribution >= 4 is 17.0 Å². The van der Waals surface area contributed by atoms with Crippen molar-refractivity contribution in [3.63, 3.8) is 0 Å². The molecule has 3 nitrogen and oxygen atoms in total. The van der Waals surface area contributed by atoms with E-state index in [1.165, 1.54) is 5.56 Å². The molecule has 108 valence electrons. The van der Waals surface area contributed by atoms with Crippen LogP contribution in [0.25, 0.3) is 0 Å². The number of methoxy groups -OCH3 is 1. The summed E-state index contributed by atoms with van der Waals surface area (Å²) in [5, 5.41) is 6.61. The smallest absolute Gasteiger partial charge is 0.141 e. The number of nitrogens with zero attached hydrogens (tertiary/aromatic N) is 1. The largest absolute Gasteiger partial charge is 0.495 e. The first-order valence-electron chi connectivity index (χ1n) is 6.73. The van der Waals surface area contributed by atoms with E-state index in [1.807, 2.05) is 13.0 Å². The van der Waals surface area contributed by atoms with E-state index in [0.717, 1.165) is 22.1 Å². The number of nitrogens with one attached hydrogen (secondary N) is 1. The summed E-state index contributed by atoms with van der Waals surface area (Å²) in [7, 11) is 1.70. The lowest BCUT2D eigenvalue weighted by molar-refractivity contribution is 0.416. The van der Waals surface area contributed by atoms with Gasteiger partial charge in [-0.1, -0.05) is 26.8 Å². The number of rotatable bonds is 4. The van der Waals surface area contributed by atoms with Gasteiger partial charge < -0.3 is 10.1 Å². The van der Waals surface area contributed by atoms with E-state index in [9.17, 15) is 0 Å². The highest BCUT2D eigenvalue weighted by atomic mass is 32.1. The summed E-state index contributed by atoms with van der Waals surface area (Å²) < 4.78 is 5.43. The van der Waals surface area contributed by atoms with Gasteiger partial charge in [0.25, 0.3) is 0 Å². The number of thiazole rings is 1. The maximum absolute atomic E-state index is 5.43. The number of aromatic nitrogens is 1. The van der Waals surface area contributed by atoms with Gasteiger partial charge in [0.05, 0.1) is 30.0 Å². The minimum absolute atomic E-state index is 0.125. The van der Waals surface area contributed by atoms with E-state index in [0.29, 0.717) is 6.54 Å². The minimum Gasteiger partial charge on any atom is -0.495 e. The molecule has 0 unspecified atom stereocenters. The third kappa shape index (κ3) is 3.51. The maximum atomic E-state index is 5.43. The Morgan fingerprint density at radius 2 is 2.05 bits per heavy atom. The molecule has 2 aromatic rings. The molecule has 0 aliphatic rings. The summed E-state index contributed by atoms with van der Waals surface area (Å²) in [6.07, 6.45) is 0. The Labute approximate surface area is 125 Å². The molecular weight excluding hydrogens is 268 g/mol. The Morgan fingerprint density at radius 1 is 1.30 bits per heavy atom. The van der Waals surface area contributed by atoms with Crippen LogP contribution in [-0.2, 0) is 12.0 Å². The molecule has 0 saturated carbocycles. The molecule has 0 bridgehead atoms. The first-order valence-corrected chi connectivity index (χ1v) is 7.61. The molecule has 1 aromatic heterocycles. The third-order valence-corrected chi connectivity index (χ3v) is 4.01. The molecule has 20 heavy (non-hydrogen) atoms. The number of benzene rings is 1. The molecule has 2 rings (SSSR count). The predicted molar refractivity (Wildman–Crippen MR) is 85.9 cm³/mol. The SMILES string of the molecule is COc1ccc(C(C)(C)C)cc1NCc1csc(C)n1. The quantitative estimate of drug-likeness (QED) is 0.908. The van der Waals surface area contributed by atoms with Crippen molar-refractivity contribution in [1.82, 2.24) is 4.98 Å². The Bertz CT molecular complexity index is 584. The second kappa shape index (κ2) is 5.83. The van der Waals surface area contributed by atoms with Crippen LogP contribution in [0.2, 0.25) is 0 Å². The Morgan fingerprint density at radius 3 is 2.60 bits per heavy atom. The van der Waals surface area contributed by atoms with E-state index < -0.39 is 0 Å². The monoisotopic (exact) mass is 290 g/mol. The Balaban J connectivity index is 2.20. The molecule has 0 radical (unpaired) electrons. The van der Waals surface area contributed by atoms with Crippen LogP contribution in [0.3, 0.4) is 0 Å². The molecule has 0 amide bonds. The van der Waals surface area contributed by atoms with Gasteiger partial charge in [0.2, 0.25) is 0 Å². The van der Waals surface area contributed by atoms with Gasteiger partial charge in [0, 0.05) is 5.38 Å². The van der Waals surface area contributed by atoms with E-state index in [1.54, 1.807) is 18.4 Å². The lowest BCUT2D eigenvalue weighted by Crippen LogP contribution is -2.12. The normalized spacial score (nSPS) is 11.4. The van der Waals surface area contributed by atoms with Crippen LogP contribution < -0.4 is 10.1 Å². The summed E-state index contributed by atoms with van der Waals surface area (Å²) >= 11 is 1.67. The fraction of sp³-hybridized carbons (Fsp3) is 0.438. The minimum atomic E-state index is 0.125. The zero-order valence-corrected chi connectivity index (χ0v) is 13.6. The van der Waals surface area contributed by atoms with Crippen molar-refractivity contribution in [2.24, 2.45) is 0 Å². The first kappa shape index (κ1) is 14.9. The number of anilines is 1. The van der Waals surface area contributed by atoms with Gasteiger partial charge in [0.1, 0.15) is 5.75 Å². The van der Waals surface area contributed by atoms with Crippen molar-refractivity contribution in [3.8, 4) is 5.75 Å². The average Bonchev–Trinajstić information content (AvgIpc) is 2.80. The van der Waals surface area contributed by atoms with Crippen LogP contribution in [0.4, 0.5) is 5.69 Å². The third-order valence-electron chi connectivity index (χ3n) is 3.19. The van der Waals surface area contributed by atoms with Gasteiger partial charge in [-0.3, -0.25) is 0 Å². The zero-order chi connectivity index (χ0) is 14.8. The standard InChI is InChI=1S/C16H22N2OS/c1-11-18-13(10-20-11)9-17-14-8-12(16(2,3)4)6-7-15(14)19-5/h6-8,10,17H,9H2,1-5H3. The van der Waals surface area contributed by atoms with Gasteiger partial charge in [-0.2, -0.15) is 0 Å². The highest BCUT2D eigenvalue weighted by Crippen LogP contribution is 2.31. The zero-order valence-electron chi connectivity index (χ0n) is 12.8. The number of hydrogen-bond donors (Lipinski definition) is 1. The second-order valence-corrected chi connectivity index (χ2v) is 6.94. The van der Waals surface area contributed by atoms with Crippen LogP contribution in [0.15, 0.2) is 23.6 Å². The molecule has 0 aliphatic heterocycles. The number of hydrogen-bond acceptors (Lipinski definition) is 4. The van der Waals surface area contributed by atoms with E-state index in [-0.39, 0.29) is 5.41 Å². The number of ether oxygens (including phenoxy) is 1. The summed E-state index contributed by atoms with van der Waals surface area (Å²) in [5.74, 6) is 0.866. The van der Waals surface area contributed by atoms with Gasteiger partial charge in [-0.25, -0.2) is 4.98 Å². The summed E-state index contributed by atoms with van der Waals surface area (Å²) in [4.78, 5) is 4.47. The molecular formula is C16H22N2OS. The molecule has 0 fully saturated rings. The molecule has 0 atom stereocenters. The average molecular weight is 290 g/mol. The highest BCUT2D eigenvalue weighted by Gasteiger charge is 2.15. The molecule has 4 heteroatoms. The van der Waals surface area contributed by atoms with Crippen LogP contribution in [0.5, 0.6) is 5.75 Å². The lowest BCUT2D eigenvalue weighted by Gasteiger charge is -2.21. The Kier molecular flexibility index (Phi) is 4.33. The van der Waals surface area contributed by atoms with E-state index >= 15 is 0 Å². The van der Waals surface area contributed by atoms with Gasteiger partial charge in [-0.15, -0.1) is 11.3 Å². The molecule has 1 heterocycles. The molecule has 0 spiro atoms. The fourth-order valence-electron chi connectivity index (χ4n) is 1.99. The maximum Gasteiger partial charge on any atom is 0.141 e. The van der Waals surface area contributed by atoms with E-state index in [2.05, 4.69) is 48.6 Å². The molecule has 0 aliphatic carbocycles. The van der Waals surface area contributed by atoms with Crippen LogP contribution in [0, 0.1) is 6.92 Å². The fourth-order valence-corrected chi connectivity index (χ4v) is 2.60. The van der Waals surface area contributed by atoms with Crippen molar-refractivity contribution in [2.75, 3.05) is 12.4 Å². The molecule has 1 N–H and O–H groups in total. The van der Waals surface area contributed by atoms with Crippen molar-refractivity contribution in [2.45, 2.75) is 39.7 Å². The topological polar surface area (TPSA) is 34.1 Å². The second-order valence-electron chi connectivity index (χ2n) is 5.88. The van der Waals surface area contributed by atoms with Crippen molar-refractivity contribution in [3.05, 3.63) is 39.8 Å². The predicted octanol–water partition coefficient (Wildman–Crippen LogP) is 4.37. The molecule has 0 saturated heterocycles. The first-order chi connectivity index (χ1) is 9.40. The van der Waals surface area contributed by atoms with Crippen LogP contribution in [0.1, 0.15) is 37.0 Å². The summed E-state index contributed by atoms with van der Waals surface area (Å²) in [6.45, 7) is 9.37. The van der Waals surface area contributed by atoms with Gasteiger partial charge in [-0.05, 0) is 30.0 Å². The summed E-state index contributed by atoms with van der Waals surface area (Å²) in [6, 6.07) is 6.31. The van der Waals surface area contributed by atoms with Gasteiger partial charge in [0.15, 0.2) is 0 Å². The van der Waals surface area contributed by atoms with Crippen molar-refractivity contribution < 1.29 is 4.74 Å². The lowest BCUT2D eigenvalue weighted by atomic mass is 9.87. The van der Waals surface area contributed by atoms with Crippen LogP contribution >= 0.6 is 11.3 Å². The van der Waals surface area contributed by atoms with E-state index in [4.69, 9.17) is 4.74 Å². The van der Waals surface area contributed by atoms with Gasteiger partial charge >= 0.3 is 0 Å². The molecule has 1 aromatic carbocycles.